The Kier molecular flexibility index (Phi) is 5.73. The van der Waals surface area contributed by atoms with Crippen LogP contribution in [0, 0.1) is 12.7 Å². The summed E-state index contributed by atoms with van der Waals surface area (Å²) >= 11 is 1.37. The average molecular weight is 454 g/mol. The second kappa shape index (κ2) is 8.67. The Balaban J connectivity index is 1.23. The molecule has 1 aromatic carbocycles. The minimum atomic E-state index is -0.208. The second-order valence-electron chi connectivity index (χ2n) is 8.69. The van der Waals surface area contributed by atoms with E-state index in [1.54, 1.807) is 13.1 Å². The lowest BCUT2D eigenvalue weighted by Gasteiger charge is -2.34. The molecule has 0 saturated carbocycles. The fourth-order valence-corrected chi connectivity index (χ4v) is 5.96. The quantitative estimate of drug-likeness (QED) is 0.531. The van der Waals surface area contributed by atoms with Crippen LogP contribution in [0.2, 0.25) is 0 Å². The molecule has 2 bridgehead atoms. The van der Waals surface area contributed by atoms with Crippen LogP contribution in [0.5, 0.6) is 0 Å². The summed E-state index contributed by atoms with van der Waals surface area (Å²) < 4.78 is 14.8. The van der Waals surface area contributed by atoms with Crippen molar-refractivity contribution in [2.24, 2.45) is 0 Å². The number of aryl methyl sites for hydroxylation is 1. The monoisotopic (exact) mass is 453 g/mol. The molecule has 8 heteroatoms. The van der Waals surface area contributed by atoms with Crippen molar-refractivity contribution in [3.05, 3.63) is 52.3 Å². The van der Waals surface area contributed by atoms with Gasteiger partial charge in [0.25, 0.3) is 5.91 Å². The summed E-state index contributed by atoms with van der Waals surface area (Å²) in [5.74, 6) is -0.372. The van der Waals surface area contributed by atoms with Crippen LogP contribution in [0.4, 0.5) is 15.8 Å². The van der Waals surface area contributed by atoms with E-state index in [1.807, 2.05) is 31.2 Å². The van der Waals surface area contributed by atoms with Crippen LogP contribution in [-0.4, -0.2) is 49.7 Å². The third-order valence-electron chi connectivity index (χ3n) is 6.45. The molecule has 32 heavy (non-hydrogen) atoms. The molecule has 2 saturated heterocycles. The Morgan fingerprint density at radius 1 is 1.25 bits per heavy atom. The highest BCUT2D eigenvalue weighted by Gasteiger charge is 2.32. The SMILES string of the molecule is CNc1c(C(=O)NCCc2ccc(N3CC4CCC(C3)N4)cc2F)sc2nc(C)ccc12. The topological polar surface area (TPSA) is 69.3 Å². The van der Waals surface area contributed by atoms with Gasteiger partial charge in [0.15, 0.2) is 0 Å². The third-order valence-corrected chi connectivity index (χ3v) is 7.55. The Morgan fingerprint density at radius 2 is 2.03 bits per heavy atom. The van der Waals surface area contributed by atoms with Crippen LogP contribution >= 0.6 is 11.3 Å². The van der Waals surface area contributed by atoms with E-state index in [1.165, 1.54) is 24.2 Å². The van der Waals surface area contributed by atoms with E-state index in [9.17, 15) is 9.18 Å². The van der Waals surface area contributed by atoms with Gasteiger partial charge in [0.05, 0.1) is 5.69 Å². The molecule has 4 heterocycles. The van der Waals surface area contributed by atoms with Crippen LogP contribution in [0.15, 0.2) is 30.3 Å². The number of carbonyl (C=O) groups excluding carboxylic acids is 1. The van der Waals surface area contributed by atoms with Gasteiger partial charge in [0, 0.05) is 55.5 Å². The minimum Gasteiger partial charge on any atom is -0.386 e. The molecule has 2 aliphatic rings. The number of aromatic nitrogens is 1. The van der Waals surface area contributed by atoms with Gasteiger partial charge >= 0.3 is 0 Å². The molecule has 2 fully saturated rings. The van der Waals surface area contributed by atoms with Crippen LogP contribution in [0.1, 0.15) is 33.8 Å². The van der Waals surface area contributed by atoms with Gasteiger partial charge in [-0.05, 0) is 56.0 Å². The number of halogens is 1. The summed E-state index contributed by atoms with van der Waals surface area (Å²) in [6, 6.07) is 10.5. The molecular weight excluding hydrogens is 425 g/mol. The van der Waals surface area contributed by atoms with E-state index in [0.29, 0.717) is 35.5 Å². The molecule has 1 amide bonds. The van der Waals surface area contributed by atoms with Crippen molar-refractivity contribution in [1.29, 1.82) is 0 Å². The summed E-state index contributed by atoms with van der Waals surface area (Å²) in [4.78, 5) is 21.1. The number of piperazine rings is 1. The highest BCUT2D eigenvalue weighted by Crippen LogP contribution is 2.34. The average Bonchev–Trinajstić information content (AvgIpc) is 3.32. The van der Waals surface area contributed by atoms with E-state index < -0.39 is 0 Å². The molecule has 2 atom stereocenters. The highest BCUT2D eigenvalue weighted by atomic mass is 32.1. The van der Waals surface area contributed by atoms with Gasteiger partial charge in [-0.1, -0.05) is 6.07 Å². The number of benzene rings is 1. The first-order chi connectivity index (χ1) is 15.5. The maximum Gasteiger partial charge on any atom is 0.263 e. The van der Waals surface area contributed by atoms with Crippen molar-refractivity contribution in [3.8, 4) is 0 Å². The lowest BCUT2D eigenvalue weighted by molar-refractivity contribution is 0.0959. The van der Waals surface area contributed by atoms with Gasteiger partial charge in [-0.25, -0.2) is 9.37 Å². The maximum atomic E-state index is 14.8. The number of hydrogen-bond donors (Lipinski definition) is 3. The van der Waals surface area contributed by atoms with Gasteiger partial charge in [-0.15, -0.1) is 11.3 Å². The van der Waals surface area contributed by atoms with Crippen molar-refractivity contribution < 1.29 is 9.18 Å². The highest BCUT2D eigenvalue weighted by molar-refractivity contribution is 7.21. The molecule has 3 aromatic rings. The predicted octanol–water partition coefficient (Wildman–Crippen LogP) is 3.70. The Labute approximate surface area is 191 Å². The van der Waals surface area contributed by atoms with E-state index in [0.717, 1.165) is 40.4 Å². The number of rotatable bonds is 6. The van der Waals surface area contributed by atoms with Crippen molar-refractivity contribution in [3.63, 3.8) is 0 Å². The lowest BCUT2D eigenvalue weighted by Crippen LogP contribution is -2.51. The number of nitrogens with zero attached hydrogens (tertiary/aromatic N) is 2. The number of nitrogens with one attached hydrogen (secondary N) is 3. The second-order valence-corrected chi connectivity index (χ2v) is 9.69. The summed E-state index contributed by atoms with van der Waals surface area (Å²) in [6.45, 7) is 4.17. The summed E-state index contributed by atoms with van der Waals surface area (Å²) in [5, 5.41) is 10.6. The standard InChI is InChI=1S/C24H28FN5OS/c1-14-3-8-19-21(26-2)22(32-24(19)28-14)23(31)27-10-9-15-4-7-18(11-20(15)25)30-12-16-5-6-17(13-30)29-16/h3-4,7-8,11,16-17,26,29H,5-6,9-10,12-13H2,1-2H3,(H,27,31). The van der Waals surface area contributed by atoms with Gasteiger partial charge < -0.3 is 20.9 Å². The zero-order valence-corrected chi connectivity index (χ0v) is 19.2. The molecule has 2 unspecified atom stereocenters. The smallest absolute Gasteiger partial charge is 0.263 e. The first kappa shape index (κ1) is 21.2. The lowest BCUT2D eigenvalue weighted by atomic mass is 10.1. The van der Waals surface area contributed by atoms with Crippen molar-refractivity contribution in [2.45, 2.75) is 38.3 Å². The van der Waals surface area contributed by atoms with Crippen molar-refractivity contribution >= 4 is 38.8 Å². The van der Waals surface area contributed by atoms with Gasteiger partial charge in [-0.2, -0.15) is 0 Å². The molecule has 2 aliphatic heterocycles. The zero-order chi connectivity index (χ0) is 22.2. The predicted molar refractivity (Wildman–Crippen MR) is 128 cm³/mol. The van der Waals surface area contributed by atoms with Crippen molar-refractivity contribution in [2.75, 3.05) is 36.9 Å². The van der Waals surface area contributed by atoms with E-state index in [-0.39, 0.29) is 11.7 Å². The van der Waals surface area contributed by atoms with E-state index in [2.05, 4.69) is 25.8 Å². The Bertz CT molecular complexity index is 1150. The number of pyridine rings is 1. The molecule has 0 spiro atoms. The molecule has 5 rings (SSSR count). The molecule has 0 radical (unpaired) electrons. The molecule has 6 nitrogen and oxygen atoms in total. The van der Waals surface area contributed by atoms with Gasteiger partial charge in [-0.3, -0.25) is 4.79 Å². The van der Waals surface area contributed by atoms with Gasteiger partial charge in [0.1, 0.15) is 15.5 Å². The Hall–Kier alpha value is -2.71. The maximum absolute atomic E-state index is 14.8. The minimum absolute atomic E-state index is 0.164. The van der Waals surface area contributed by atoms with Crippen LogP contribution < -0.4 is 20.9 Å². The number of hydrogen-bond acceptors (Lipinski definition) is 6. The third kappa shape index (κ3) is 4.04. The molecular formula is C24H28FN5OS. The molecule has 3 N–H and O–H groups in total. The van der Waals surface area contributed by atoms with Crippen LogP contribution in [0.25, 0.3) is 10.2 Å². The van der Waals surface area contributed by atoms with Crippen molar-refractivity contribution in [1.82, 2.24) is 15.6 Å². The fraction of sp³-hybridized carbons (Fsp3) is 0.417. The largest absolute Gasteiger partial charge is 0.386 e. The normalized spacial score (nSPS) is 20.0. The van der Waals surface area contributed by atoms with Crippen LogP contribution in [0.3, 0.4) is 0 Å². The number of amides is 1. The van der Waals surface area contributed by atoms with E-state index >= 15 is 0 Å². The first-order valence-corrected chi connectivity index (χ1v) is 12.0. The molecule has 168 valence electrons. The fourth-order valence-electron chi connectivity index (χ4n) is 4.81. The molecule has 2 aromatic heterocycles. The van der Waals surface area contributed by atoms with E-state index in [4.69, 9.17) is 0 Å². The first-order valence-electron chi connectivity index (χ1n) is 11.2. The summed E-state index contributed by atoms with van der Waals surface area (Å²) in [7, 11) is 1.80. The molecule has 0 aliphatic carbocycles. The van der Waals surface area contributed by atoms with Crippen LogP contribution in [-0.2, 0) is 6.42 Å². The van der Waals surface area contributed by atoms with Gasteiger partial charge in [0.2, 0.25) is 0 Å². The summed E-state index contributed by atoms with van der Waals surface area (Å²) in [5.41, 5.74) is 3.27. The zero-order valence-electron chi connectivity index (χ0n) is 18.4. The number of fused-ring (bicyclic) bond motifs is 3. The Morgan fingerprint density at radius 3 is 2.75 bits per heavy atom. The number of anilines is 2. The number of thiophene rings is 1. The summed E-state index contributed by atoms with van der Waals surface area (Å²) in [6.07, 6.45) is 2.85. The number of carbonyl (C=O) groups is 1.